The van der Waals surface area contributed by atoms with Crippen LogP contribution in [0.25, 0.3) is 0 Å². The Balaban J connectivity index is 2.43. The minimum absolute atomic E-state index is 0.0948. The van der Waals surface area contributed by atoms with Crippen LogP contribution in [0.1, 0.15) is 27.2 Å². The highest BCUT2D eigenvalue weighted by molar-refractivity contribution is 5.82. The summed E-state index contributed by atoms with van der Waals surface area (Å²) >= 11 is 0. The first-order chi connectivity index (χ1) is 9.34. The highest BCUT2D eigenvalue weighted by Crippen LogP contribution is 2.25. The lowest BCUT2D eigenvalue weighted by molar-refractivity contribution is -0.134. The molecule has 0 unspecified atom stereocenters. The lowest BCUT2D eigenvalue weighted by Crippen LogP contribution is -2.36. The van der Waals surface area contributed by atoms with E-state index in [0.29, 0.717) is 11.5 Å². The summed E-state index contributed by atoms with van der Waals surface area (Å²) in [4.78, 5) is 23.3. The maximum Gasteiger partial charge on any atom is 0.313 e. The standard InChI is InChI=1S/C15H21NO4/c1-15(2,3)14(18)16-10-9-13(17)20-12-8-6-5-7-11(12)19-4/h5-8H,9-10H2,1-4H3,(H,16,18). The van der Waals surface area contributed by atoms with Crippen LogP contribution >= 0.6 is 0 Å². The van der Waals surface area contributed by atoms with Crippen molar-refractivity contribution in [2.45, 2.75) is 27.2 Å². The number of nitrogens with one attached hydrogen (secondary N) is 1. The highest BCUT2D eigenvalue weighted by Gasteiger charge is 2.20. The van der Waals surface area contributed by atoms with Gasteiger partial charge in [-0.05, 0) is 12.1 Å². The first-order valence-corrected chi connectivity index (χ1v) is 6.46. The van der Waals surface area contributed by atoms with Crippen molar-refractivity contribution in [3.8, 4) is 11.5 Å². The quantitative estimate of drug-likeness (QED) is 0.662. The summed E-state index contributed by atoms with van der Waals surface area (Å²) in [6, 6.07) is 6.92. The Bertz CT molecular complexity index is 477. The van der Waals surface area contributed by atoms with Crippen LogP contribution in [-0.2, 0) is 9.59 Å². The van der Waals surface area contributed by atoms with Gasteiger partial charge in [-0.2, -0.15) is 0 Å². The first-order valence-electron chi connectivity index (χ1n) is 6.46. The number of esters is 1. The molecule has 5 nitrogen and oxygen atoms in total. The molecule has 1 aromatic carbocycles. The molecule has 1 aromatic rings. The van der Waals surface area contributed by atoms with Crippen LogP contribution in [0.5, 0.6) is 11.5 Å². The average Bonchev–Trinajstić information content (AvgIpc) is 2.38. The van der Waals surface area contributed by atoms with E-state index in [1.165, 1.54) is 7.11 Å². The van der Waals surface area contributed by atoms with E-state index in [-0.39, 0.29) is 18.9 Å². The third kappa shape index (κ3) is 4.91. The average molecular weight is 279 g/mol. The number of carbonyl (C=O) groups is 2. The van der Waals surface area contributed by atoms with Crippen LogP contribution in [0, 0.1) is 5.41 Å². The molecule has 0 saturated heterocycles. The Kier molecular flexibility index (Phi) is 5.55. The van der Waals surface area contributed by atoms with Gasteiger partial charge in [0.25, 0.3) is 0 Å². The van der Waals surface area contributed by atoms with Crippen molar-refractivity contribution in [1.29, 1.82) is 0 Å². The van der Waals surface area contributed by atoms with Gasteiger partial charge < -0.3 is 14.8 Å². The van der Waals surface area contributed by atoms with Gasteiger partial charge >= 0.3 is 5.97 Å². The second-order valence-corrected chi connectivity index (χ2v) is 5.38. The van der Waals surface area contributed by atoms with Gasteiger partial charge in [-0.3, -0.25) is 9.59 Å². The Morgan fingerprint density at radius 1 is 1.15 bits per heavy atom. The van der Waals surface area contributed by atoms with Crippen molar-refractivity contribution in [1.82, 2.24) is 5.32 Å². The third-order valence-electron chi connectivity index (χ3n) is 2.59. The fourth-order valence-electron chi connectivity index (χ4n) is 1.42. The predicted molar refractivity (Wildman–Crippen MR) is 75.7 cm³/mol. The molecule has 5 heteroatoms. The zero-order chi connectivity index (χ0) is 15.2. The summed E-state index contributed by atoms with van der Waals surface area (Å²) in [5.41, 5.74) is -0.466. The molecule has 20 heavy (non-hydrogen) atoms. The number of benzene rings is 1. The number of rotatable bonds is 5. The largest absolute Gasteiger partial charge is 0.493 e. The van der Waals surface area contributed by atoms with Gasteiger partial charge in [0, 0.05) is 12.0 Å². The smallest absolute Gasteiger partial charge is 0.313 e. The van der Waals surface area contributed by atoms with Gasteiger partial charge in [0.1, 0.15) is 0 Å². The van der Waals surface area contributed by atoms with Gasteiger partial charge in [-0.25, -0.2) is 0 Å². The van der Waals surface area contributed by atoms with E-state index in [4.69, 9.17) is 9.47 Å². The van der Waals surface area contributed by atoms with Gasteiger partial charge in [0.05, 0.1) is 13.5 Å². The Morgan fingerprint density at radius 2 is 1.75 bits per heavy atom. The van der Waals surface area contributed by atoms with Crippen molar-refractivity contribution in [2.24, 2.45) is 5.41 Å². The Labute approximate surface area is 119 Å². The lowest BCUT2D eigenvalue weighted by atomic mass is 9.96. The summed E-state index contributed by atoms with van der Waals surface area (Å²) in [7, 11) is 1.51. The van der Waals surface area contributed by atoms with Crippen LogP contribution in [0.4, 0.5) is 0 Å². The zero-order valence-corrected chi connectivity index (χ0v) is 12.4. The molecule has 0 aliphatic heterocycles. The molecule has 0 atom stereocenters. The maximum absolute atomic E-state index is 11.7. The Hall–Kier alpha value is -2.04. The van der Waals surface area contributed by atoms with Crippen molar-refractivity contribution in [3.63, 3.8) is 0 Å². The van der Waals surface area contributed by atoms with Crippen LogP contribution in [0.15, 0.2) is 24.3 Å². The van der Waals surface area contributed by atoms with Gasteiger partial charge in [-0.1, -0.05) is 32.9 Å². The molecule has 0 heterocycles. The van der Waals surface area contributed by atoms with Crippen molar-refractivity contribution in [3.05, 3.63) is 24.3 Å². The van der Waals surface area contributed by atoms with Crippen LogP contribution in [-0.4, -0.2) is 25.5 Å². The van der Waals surface area contributed by atoms with Crippen molar-refractivity contribution < 1.29 is 19.1 Å². The molecule has 1 amide bonds. The SMILES string of the molecule is COc1ccccc1OC(=O)CCNC(=O)C(C)(C)C. The molecule has 1 rings (SSSR count). The van der Waals surface area contributed by atoms with Crippen LogP contribution in [0.3, 0.4) is 0 Å². The number of hydrogen-bond acceptors (Lipinski definition) is 4. The van der Waals surface area contributed by atoms with E-state index < -0.39 is 11.4 Å². The molecular weight excluding hydrogens is 258 g/mol. The maximum atomic E-state index is 11.7. The number of hydrogen-bond donors (Lipinski definition) is 1. The lowest BCUT2D eigenvalue weighted by Gasteiger charge is -2.17. The van der Waals surface area contributed by atoms with E-state index >= 15 is 0 Å². The van der Waals surface area contributed by atoms with Crippen LogP contribution < -0.4 is 14.8 Å². The van der Waals surface area contributed by atoms with Gasteiger partial charge in [-0.15, -0.1) is 0 Å². The molecule has 1 N–H and O–H groups in total. The van der Waals surface area contributed by atoms with E-state index in [0.717, 1.165) is 0 Å². The van der Waals surface area contributed by atoms with Gasteiger partial charge in [0.15, 0.2) is 11.5 Å². The summed E-state index contributed by atoms with van der Waals surface area (Å²) < 4.78 is 10.3. The number of ether oxygens (including phenoxy) is 2. The summed E-state index contributed by atoms with van der Waals surface area (Å²) in [6.07, 6.45) is 0.111. The molecule has 0 spiro atoms. The second kappa shape index (κ2) is 6.93. The molecule has 0 aliphatic carbocycles. The number of methoxy groups -OCH3 is 1. The molecule has 110 valence electrons. The zero-order valence-electron chi connectivity index (χ0n) is 12.4. The topological polar surface area (TPSA) is 64.6 Å². The predicted octanol–water partition coefficient (Wildman–Crippen LogP) is 2.15. The third-order valence-corrected chi connectivity index (χ3v) is 2.59. The minimum Gasteiger partial charge on any atom is -0.493 e. The Morgan fingerprint density at radius 3 is 2.30 bits per heavy atom. The molecule has 0 saturated carbocycles. The molecule has 0 fully saturated rings. The number of para-hydroxylation sites is 2. The van der Waals surface area contributed by atoms with Gasteiger partial charge in [0.2, 0.25) is 5.91 Å². The van der Waals surface area contributed by atoms with Crippen molar-refractivity contribution >= 4 is 11.9 Å². The summed E-state index contributed by atoms with van der Waals surface area (Å²) in [5.74, 6) is 0.369. The fraction of sp³-hybridized carbons (Fsp3) is 0.467. The number of amides is 1. The number of carbonyl (C=O) groups excluding carboxylic acids is 2. The summed E-state index contributed by atoms with van der Waals surface area (Å²) in [6.45, 7) is 5.70. The monoisotopic (exact) mass is 279 g/mol. The first kappa shape index (κ1) is 16.0. The van der Waals surface area contributed by atoms with E-state index in [9.17, 15) is 9.59 Å². The van der Waals surface area contributed by atoms with E-state index in [1.54, 1.807) is 24.3 Å². The van der Waals surface area contributed by atoms with Crippen molar-refractivity contribution in [2.75, 3.05) is 13.7 Å². The molecule has 0 bridgehead atoms. The second-order valence-electron chi connectivity index (χ2n) is 5.38. The molecular formula is C15H21NO4. The molecule has 0 aliphatic rings. The fourth-order valence-corrected chi connectivity index (χ4v) is 1.42. The van der Waals surface area contributed by atoms with E-state index in [1.807, 2.05) is 20.8 Å². The summed E-state index contributed by atoms with van der Waals surface area (Å²) in [5, 5.41) is 2.70. The van der Waals surface area contributed by atoms with Crippen LogP contribution in [0.2, 0.25) is 0 Å². The highest BCUT2D eigenvalue weighted by atomic mass is 16.6. The molecule has 0 aromatic heterocycles. The van der Waals surface area contributed by atoms with E-state index in [2.05, 4.69) is 5.32 Å². The normalized spacial score (nSPS) is 10.8. The minimum atomic E-state index is -0.466. The molecule has 0 radical (unpaired) electrons.